The molecule has 0 aliphatic carbocycles. The van der Waals surface area contributed by atoms with Crippen LogP contribution in [-0.2, 0) is 23.1 Å². The third kappa shape index (κ3) is 1.69. The molecule has 0 amide bonds. The molecule has 0 saturated carbocycles. The van der Waals surface area contributed by atoms with Gasteiger partial charge in [-0.05, 0) is 17.0 Å². The summed E-state index contributed by atoms with van der Waals surface area (Å²) in [6.45, 7) is 0. The van der Waals surface area contributed by atoms with Gasteiger partial charge in [0.15, 0.2) is 0 Å². The first-order valence-electron chi connectivity index (χ1n) is 4.88. The molecule has 0 fully saturated rings. The van der Waals surface area contributed by atoms with Crippen LogP contribution >= 0.6 is 0 Å². The Hall–Kier alpha value is -2.10. The van der Waals surface area contributed by atoms with E-state index in [0.29, 0.717) is 0 Å². The summed E-state index contributed by atoms with van der Waals surface area (Å²) in [5.41, 5.74) is 1.66. The molecule has 0 spiro atoms. The minimum Gasteiger partial charge on any atom is -0.475 e. The Morgan fingerprint density at radius 1 is 1.31 bits per heavy atom. The van der Waals surface area contributed by atoms with Crippen LogP contribution in [0, 0.1) is 0 Å². The Morgan fingerprint density at radius 2 is 2.06 bits per heavy atom. The SMILES string of the molecule is Cn1ccc2cccc(CC(=O)C(=O)O)c21. The first-order chi connectivity index (χ1) is 7.59. The summed E-state index contributed by atoms with van der Waals surface area (Å²) in [6.07, 6.45) is 1.82. The van der Waals surface area contributed by atoms with Crippen LogP contribution in [0.2, 0.25) is 0 Å². The smallest absolute Gasteiger partial charge is 0.372 e. The largest absolute Gasteiger partial charge is 0.475 e. The molecule has 0 atom stereocenters. The van der Waals surface area contributed by atoms with E-state index in [0.717, 1.165) is 16.5 Å². The molecule has 0 bridgehead atoms. The average Bonchev–Trinajstić information content (AvgIpc) is 2.61. The van der Waals surface area contributed by atoms with Gasteiger partial charge in [0.05, 0.1) is 5.52 Å². The van der Waals surface area contributed by atoms with Gasteiger partial charge in [-0.15, -0.1) is 0 Å². The van der Waals surface area contributed by atoms with Gasteiger partial charge >= 0.3 is 5.97 Å². The number of nitrogens with zero attached hydrogens (tertiary/aromatic N) is 1. The van der Waals surface area contributed by atoms with Crippen LogP contribution in [0.15, 0.2) is 30.5 Å². The molecule has 1 aromatic heterocycles. The summed E-state index contributed by atoms with van der Waals surface area (Å²) in [5.74, 6) is -2.17. The summed E-state index contributed by atoms with van der Waals surface area (Å²) >= 11 is 0. The number of aryl methyl sites for hydroxylation is 1. The van der Waals surface area contributed by atoms with Crippen LogP contribution in [0.3, 0.4) is 0 Å². The number of Topliss-reactive ketones (excluding diaryl/α,β-unsaturated/α-hetero) is 1. The molecule has 2 rings (SSSR count). The molecule has 0 aliphatic rings. The number of aromatic nitrogens is 1. The highest BCUT2D eigenvalue weighted by molar-refractivity contribution is 6.33. The Labute approximate surface area is 92.1 Å². The standard InChI is InChI=1S/C12H11NO3/c1-13-6-5-8-3-2-4-9(11(8)13)7-10(14)12(15)16/h2-6H,7H2,1H3,(H,15,16). The molecule has 0 radical (unpaired) electrons. The lowest BCUT2D eigenvalue weighted by molar-refractivity contribution is -0.148. The fourth-order valence-corrected chi connectivity index (χ4v) is 1.83. The number of fused-ring (bicyclic) bond motifs is 1. The first-order valence-corrected chi connectivity index (χ1v) is 4.88. The number of carboxylic acids is 1. The van der Waals surface area contributed by atoms with Crippen LogP contribution in [0.4, 0.5) is 0 Å². The molecule has 0 unspecified atom stereocenters. The van der Waals surface area contributed by atoms with Crippen molar-refractivity contribution in [3.8, 4) is 0 Å². The predicted octanol–water partition coefficient (Wildman–Crippen LogP) is 1.37. The normalized spacial score (nSPS) is 10.6. The maximum atomic E-state index is 11.2. The molecule has 2 aromatic rings. The second-order valence-electron chi connectivity index (χ2n) is 3.69. The van der Waals surface area contributed by atoms with Crippen molar-refractivity contribution in [2.45, 2.75) is 6.42 Å². The molecule has 1 N–H and O–H groups in total. The lowest BCUT2D eigenvalue weighted by Crippen LogP contribution is -2.15. The van der Waals surface area contributed by atoms with Crippen molar-refractivity contribution >= 4 is 22.7 Å². The van der Waals surface area contributed by atoms with Crippen LogP contribution in [0.1, 0.15) is 5.56 Å². The summed E-state index contributed by atoms with van der Waals surface area (Å²) < 4.78 is 1.89. The van der Waals surface area contributed by atoms with Crippen LogP contribution in [0.25, 0.3) is 10.9 Å². The molecule has 1 aromatic carbocycles. The summed E-state index contributed by atoms with van der Waals surface area (Å²) in [6, 6.07) is 7.48. The van der Waals surface area contributed by atoms with E-state index in [2.05, 4.69) is 0 Å². The van der Waals surface area contributed by atoms with Crippen molar-refractivity contribution in [2.24, 2.45) is 7.05 Å². The van der Waals surface area contributed by atoms with Crippen LogP contribution in [-0.4, -0.2) is 21.4 Å². The molecule has 0 saturated heterocycles. The minimum atomic E-state index is -1.38. The number of carboxylic acid groups (broad SMARTS) is 1. The summed E-state index contributed by atoms with van der Waals surface area (Å²) in [5, 5.41) is 9.59. The number of hydrogen-bond acceptors (Lipinski definition) is 2. The summed E-state index contributed by atoms with van der Waals surface area (Å²) in [4.78, 5) is 21.7. The first kappa shape index (κ1) is 10.4. The van der Waals surface area contributed by atoms with Gasteiger partial charge in [-0.3, -0.25) is 4.79 Å². The highest BCUT2D eigenvalue weighted by Gasteiger charge is 2.14. The average molecular weight is 217 g/mol. The zero-order chi connectivity index (χ0) is 11.7. The van der Waals surface area contributed by atoms with Gasteiger partial charge < -0.3 is 9.67 Å². The van der Waals surface area contributed by atoms with Gasteiger partial charge in [0.1, 0.15) is 0 Å². The quantitative estimate of drug-likeness (QED) is 0.790. The lowest BCUT2D eigenvalue weighted by atomic mass is 10.1. The monoisotopic (exact) mass is 217 g/mol. The van der Waals surface area contributed by atoms with E-state index in [1.165, 1.54) is 0 Å². The molecule has 0 aliphatic heterocycles. The summed E-state index contributed by atoms with van der Waals surface area (Å²) in [7, 11) is 1.87. The Kier molecular flexibility index (Phi) is 2.48. The third-order valence-electron chi connectivity index (χ3n) is 2.57. The van der Waals surface area contributed by atoms with Gasteiger partial charge in [-0.1, -0.05) is 18.2 Å². The van der Waals surface area contributed by atoms with Gasteiger partial charge in [-0.2, -0.15) is 0 Å². The number of ketones is 1. The second kappa shape index (κ2) is 3.81. The predicted molar refractivity (Wildman–Crippen MR) is 59.3 cm³/mol. The fraction of sp³-hybridized carbons (Fsp3) is 0.167. The number of carbonyl (C=O) groups is 2. The van der Waals surface area contributed by atoms with Gasteiger partial charge in [0.25, 0.3) is 0 Å². The van der Waals surface area contributed by atoms with Crippen LogP contribution in [0.5, 0.6) is 0 Å². The van der Waals surface area contributed by atoms with Gasteiger partial charge in [0, 0.05) is 19.7 Å². The molecule has 4 nitrogen and oxygen atoms in total. The van der Waals surface area contributed by atoms with E-state index in [4.69, 9.17) is 5.11 Å². The molecule has 16 heavy (non-hydrogen) atoms. The lowest BCUT2D eigenvalue weighted by Gasteiger charge is -2.03. The van der Waals surface area contributed by atoms with Crippen molar-refractivity contribution in [3.63, 3.8) is 0 Å². The molecule has 1 heterocycles. The number of carbonyl (C=O) groups excluding carboxylic acids is 1. The van der Waals surface area contributed by atoms with E-state index < -0.39 is 11.8 Å². The van der Waals surface area contributed by atoms with Crippen molar-refractivity contribution in [1.82, 2.24) is 4.57 Å². The van der Waals surface area contributed by atoms with Crippen LogP contribution < -0.4 is 0 Å². The zero-order valence-electron chi connectivity index (χ0n) is 8.80. The molecular formula is C12H11NO3. The fourth-order valence-electron chi connectivity index (χ4n) is 1.83. The Morgan fingerprint density at radius 3 is 2.75 bits per heavy atom. The number of aliphatic carboxylic acids is 1. The maximum Gasteiger partial charge on any atom is 0.372 e. The Bertz CT molecular complexity index is 569. The van der Waals surface area contributed by atoms with E-state index in [1.54, 1.807) is 6.07 Å². The number of para-hydroxylation sites is 1. The van der Waals surface area contributed by atoms with Crippen molar-refractivity contribution in [2.75, 3.05) is 0 Å². The molecule has 82 valence electrons. The van der Waals surface area contributed by atoms with E-state index >= 15 is 0 Å². The number of hydrogen-bond donors (Lipinski definition) is 1. The van der Waals surface area contributed by atoms with E-state index in [-0.39, 0.29) is 6.42 Å². The van der Waals surface area contributed by atoms with Crippen molar-refractivity contribution in [1.29, 1.82) is 0 Å². The minimum absolute atomic E-state index is 0.0650. The maximum absolute atomic E-state index is 11.2. The molecular weight excluding hydrogens is 206 g/mol. The topological polar surface area (TPSA) is 59.3 Å². The number of rotatable bonds is 3. The van der Waals surface area contributed by atoms with Crippen molar-refractivity contribution < 1.29 is 14.7 Å². The van der Waals surface area contributed by atoms with E-state index in [1.807, 2.05) is 36.0 Å². The zero-order valence-corrected chi connectivity index (χ0v) is 8.80. The highest BCUT2D eigenvalue weighted by atomic mass is 16.4. The van der Waals surface area contributed by atoms with E-state index in [9.17, 15) is 9.59 Å². The number of benzene rings is 1. The molecule has 4 heteroatoms. The van der Waals surface area contributed by atoms with Gasteiger partial charge in [0.2, 0.25) is 5.78 Å². The highest BCUT2D eigenvalue weighted by Crippen LogP contribution is 2.19. The third-order valence-corrected chi connectivity index (χ3v) is 2.57. The second-order valence-corrected chi connectivity index (χ2v) is 3.69. The van der Waals surface area contributed by atoms with Crippen molar-refractivity contribution in [3.05, 3.63) is 36.0 Å². The van der Waals surface area contributed by atoms with Gasteiger partial charge in [-0.25, -0.2) is 4.79 Å². The Balaban J connectivity index is 2.48.